The van der Waals surface area contributed by atoms with Gasteiger partial charge in [-0.25, -0.2) is 4.98 Å². The maximum absolute atomic E-state index is 12.9. The number of anilines is 1. The highest BCUT2D eigenvalue weighted by Crippen LogP contribution is 2.28. The first-order valence-corrected chi connectivity index (χ1v) is 23.3. The Kier molecular flexibility index (Phi) is 32.2. The molecule has 0 aliphatic carbocycles. The third-order valence-electron chi connectivity index (χ3n) is 10.1. The van der Waals surface area contributed by atoms with E-state index in [-0.39, 0.29) is 82.6 Å². The Hall–Kier alpha value is -3.03. The van der Waals surface area contributed by atoms with Crippen molar-refractivity contribution in [1.29, 1.82) is 0 Å². The van der Waals surface area contributed by atoms with Crippen molar-refractivity contribution in [2.24, 2.45) is 5.92 Å². The minimum absolute atomic E-state index is 0.0421. The molecule has 0 radical (unpaired) electrons. The van der Waals surface area contributed by atoms with Crippen LogP contribution in [-0.4, -0.2) is 243 Å². The van der Waals surface area contributed by atoms with Gasteiger partial charge in [0.15, 0.2) is 5.69 Å². The molecule has 2 aliphatic rings. The van der Waals surface area contributed by atoms with Crippen LogP contribution >= 0.6 is 0 Å². The molecule has 0 saturated carbocycles. The number of hydrogen-bond donors (Lipinski definition) is 7. The summed E-state index contributed by atoms with van der Waals surface area (Å²) in [5.74, 6) is -0.441. The van der Waals surface area contributed by atoms with Crippen LogP contribution < -0.4 is 16.0 Å². The summed E-state index contributed by atoms with van der Waals surface area (Å²) < 4.78 is 104. The molecule has 2 saturated heterocycles. The highest BCUT2D eigenvalue weighted by atomic mass is 19.4. The molecule has 0 bridgehead atoms. The van der Waals surface area contributed by atoms with Crippen molar-refractivity contribution in [3.8, 4) is 0 Å². The van der Waals surface area contributed by atoms with E-state index in [1.54, 1.807) is 0 Å². The van der Waals surface area contributed by atoms with Gasteiger partial charge < -0.3 is 93.2 Å². The number of hydrogen-bond acceptors (Lipinski definition) is 21. The van der Waals surface area contributed by atoms with Crippen LogP contribution in [-0.2, 0) is 72.6 Å². The summed E-state index contributed by atoms with van der Waals surface area (Å²) in [4.78, 5) is 31.1. The first-order chi connectivity index (χ1) is 33.3. The molecule has 2 fully saturated rings. The topological polar surface area (TPSA) is 288 Å². The molecule has 0 spiro atoms. The van der Waals surface area contributed by atoms with Crippen molar-refractivity contribution in [2.45, 2.75) is 75.0 Å². The Labute approximate surface area is 400 Å². The fourth-order valence-electron chi connectivity index (χ4n) is 6.29. The van der Waals surface area contributed by atoms with E-state index in [2.05, 4.69) is 25.9 Å². The number of rotatable bonds is 40. The lowest BCUT2D eigenvalue weighted by atomic mass is 9.98. The number of halogens is 3. The minimum atomic E-state index is -4.68. The normalized spacial score (nSPS) is 22.3. The maximum Gasteiger partial charge on any atom is 0.434 e. The average molecular weight is 1010 g/mol. The van der Waals surface area contributed by atoms with Gasteiger partial charge in [-0.1, -0.05) is 6.92 Å². The molecule has 2 amide bonds. The minimum Gasteiger partial charge on any atom is -0.390 e. The van der Waals surface area contributed by atoms with Crippen molar-refractivity contribution in [2.75, 3.05) is 164 Å². The van der Waals surface area contributed by atoms with Gasteiger partial charge in [0.25, 0.3) is 0 Å². The zero-order valence-electron chi connectivity index (χ0n) is 39.4. The van der Waals surface area contributed by atoms with Crippen LogP contribution in [0.15, 0.2) is 12.4 Å². The van der Waals surface area contributed by atoms with Crippen LogP contribution in [0.5, 0.6) is 0 Å². The summed E-state index contributed by atoms with van der Waals surface area (Å²) in [6.45, 7) is 9.05. The Bertz CT molecular complexity index is 1490. The highest BCUT2D eigenvalue weighted by molar-refractivity contribution is 5.76. The van der Waals surface area contributed by atoms with E-state index in [0.717, 1.165) is 6.20 Å². The Morgan fingerprint density at radius 2 is 1.10 bits per heavy atom. The van der Waals surface area contributed by atoms with Gasteiger partial charge in [0.2, 0.25) is 11.8 Å². The number of aromatic nitrogens is 2. The molecule has 7 N–H and O–H groups in total. The van der Waals surface area contributed by atoms with Crippen molar-refractivity contribution in [3.63, 3.8) is 0 Å². The van der Waals surface area contributed by atoms with Gasteiger partial charge in [-0.05, 0) is 6.42 Å². The molecule has 400 valence electrons. The molecular weight excluding hydrogens is 931 g/mol. The van der Waals surface area contributed by atoms with Gasteiger partial charge in [0.1, 0.15) is 36.3 Å². The highest BCUT2D eigenvalue weighted by Gasteiger charge is 2.39. The summed E-state index contributed by atoms with van der Waals surface area (Å²) in [5.41, 5.74) is -1.19. The lowest BCUT2D eigenvalue weighted by molar-refractivity contribution is -0.161. The van der Waals surface area contributed by atoms with E-state index >= 15 is 0 Å². The quantitative estimate of drug-likeness (QED) is 0.0377. The van der Waals surface area contributed by atoms with E-state index in [1.807, 2.05) is 6.92 Å². The van der Waals surface area contributed by atoms with Crippen molar-refractivity contribution in [1.82, 2.24) is 20.6 Å². The average Bonchev–Trinajstić information content (AvgIpc) is 3.32. The van der Waals surface area contributed by atoms with Gasteiger partial charge in [0, 0.05) is 38.5 Å². The SMILES string of the molecule is CC(COCCC(=O)NCCOCCOCCOCCOC[C@H]1OC[C@H](Nc2cncc(C(F)(F)F)n2)[C@@H](O)[C@H]1O)COCCC(=O)NCCOCCOCCOCCOC[C@H]1OCC[C@@H](O)[C@H]1O. The third kappa shape index (κ3) is 28.0. The largest absolute Gasteiger partial charge is 0.434 e. The molecule has 23 nitrogen and oxygen atoms in total. The molecule has 0 aromatic carbocycles. The van der Waals surface area contributed by atoms with Gasteiger partial charge in [0.05, 0.1) is 163 Å². The van der Waals surface area contributed by atoms with Crippen LogP contribution in [0.4, 0.5) is 19.0 Å². The second kappa shape index (κ2) is 36.8. The van der Waals surface area contributed by atoms with E-state index in [9.17, 15) is 43.2 Å². The van der Waals surface area contributed by atoms with E-state index in [1.165, 1.54) is 0 Å². The molecule has 26 heteroatoms. The molecule has 1 aromatic heterocycles. The van der Waals surface area contributed by atoms with E-state index in [4.69, 9.17) is 56.8 Å². The predicted octanol–water partition coefficient (Wildman–Crippen LogP) is -1.28. The summed E-state index contributed by atoms with van der Waals surface area (Å²) in [6, 6.07) is -0.919. The smallest absolute Gasteiger partial charge is 0.390 e. The molecule has 3 heterocycles. The van der Waals surface area contributed by atoms with Crippen LogP contribution in [0.2, 0.25) is 0 Å². The third-order valence-corrected chi connectivity index (χ3v) is 10.1. The fraction of sp³-hybridized carbons (Fsp3) is 0.860. The summed E-state index contributed by atoms with van der Waals surface area (Å²) in [7, 11) is 0. The molecular formula is C43H74F3N5O18. The summed E-state index contributed by atoms with van der Waals surface area (Å²) >= 11 is 0. The van der Waals surface area contributed by atoms with E-state index < -0.39 is 54.5 Å². The zero-order valence-corrected chi connectivity index (χ0v) is 39.4. The van der Waals surface area contributed by atoms with Crippen LogP contribution in [0.25, 0.3) is 0 Å². The number of aliphatic hydroxyl groups excluding tert-OH is 4. The lowest BCUT2D eigenvalue weighted by Gasteiger charge is -2.38. The van der Waals surface area contributed by atoms with Crippen LogP contribution in [0.1, 0.15) is 31.9 Å². The molecule has 69 heavy (non-hydrogen) atoms. The van der Waals surface area contributed by atoms with Gasteiger partial charge in [-0.15, -0.1) is 0 Å². The molecule has 1 unspecified atom stereocenters. The molecule has 8 atom stereocenters. The number of carbonyl (C=O) groups excluding carboxylic acids is 2. The Morgan fingerprint density at radius 3 is 1.59 bits per heavy atom. The second-order valence-corrected chi connectivity index (χ2v) is 15.9. The zero-order chi connectivity index (χ0) is 50.0. The summed E-state index contributed by atoms with van der Waals surface area (Å²) in [6.07, 6.45) is -8.04. The lowest BCUT2D eigenvalue weighted by Crippen LogP contribution is -2.57. The number of alkyl halides is 3. The number of ether oxygens (including phenoxy) is 12. The Balaban J connectivity index is 0.984. The number of nitrogens with one attached hydrogen (secondary N) is 3. The first kappa shape index (κ1) is 60.3. The fourth-order valence-corrected chi connectivity index (χ4v) is 6.29. The van der Waals surface area contributed by atoms with Crippen molar-refractivity contribution < 1.29 is 100 Å². The van der Waals surface area contributed by atoms with Crippen molar-refractivity contribution >= 4 is 17.6 Å². The maximum atomic E-state index is 12.9. The monoisotopic (exact) mass is 1010 g/mol. The standard InChI is InChI=1S/C43H74F3N5O18/c1-31(26-64-7-3-38(53)48-5-10-58-12-14-60-16-18-62-20-22-66-29-34-41(56)33(52)2-9-68-34)27-65-8-4-39(54)49-6-11-59-13-15-61-17-19-63-21-23-67-30-35-42(57)40(55)32(28-69-35)50-37-25-47-24-36(51-37)43(44,45)46/h24-25,31-35,40-42,52,55-57H,2-23,26-30H2,1H3,(H,48,53)(H,49,54)(H,50,51)/t31?,32-,33+,34+,35+,40+,41+,42-/m0/s1. The van der Waals surface area contributed by atoms with E-state index in [0.29, 0.717) is 125 Å². The van der Waals surface area contributed by atoms with Gasteiger partial charge in [-0.2, -0.15) is 13.2 Å². The number of aliphatic hydroxyl groups is 4. The number of amides is 2. The van der Waals surface area contributed by atoms with Crippen molar-refractivity contribution in [3.05, 3.63) is 18.1 Å². The summed E-state index contributed by atoms with van der Waals surface area (Å²) in [5, 5.41) is 48.6. The molecule has 3 rings (SSSR count). The predicted molar refractivity (Wildman–Crippen MR) is 235 cm³/mol. The van der Waals surface area contributed by atoms with Gasteiger partial charge in [-0.3, -0.25) is 14.6 Å². The van der Waals surface area contributed by atoms with Gasteiger partial charge >= 0.3 is 6.18 Å². The Morgan fingerprint density at radius 1 is 0.638 bits per heavy atom. The number of nitrogens with zero attached hydrogens (tertiary/aromatic N) is 2. The van der Waals surface area contributed by atoms with Crippen LogP contribution in [0.3, 0.4) is 0 Å². The van der Waals surface area contributed by atoms with Crippen LogP contribution in [0, 0.1) is 5.92 Å². The number of carbonyl (C=O) groups is 2. The molecule has 2 aliphatic heterocycles. The second-order valence-electron chi connectivity index (χ2n) is 15.9. The molecule has 1 aromatic rings. The first-order valence-electron chi connectivity index (χ1n) is 23.3.